The molecule has 0 N–H and O–H groups in total. The molecule has 0 bridgehead atoms. The molecule has 0 saturated carbocycles. The molecule has 1 aromatic heterocycles. The predicted octanol–water partition coefficient (Wildman–Crippen LogP) is 7.54. The van der Waals surface area contributed by atoms with Gasteiger partial charge in [-0.05, 0) is 98.0 Å². The summed E-state index contributed by atoms with van der Waals surface area (Å²) >= 11 is 6.16. The first-order valence-corrected chi connectivity index (χ1v) is 12.1. The quantitative estimate of drug-likeness (QED) is 0.296. The molecule has 0 unspecified atom stereocenters. The minimum atomic E-state index is -0.838. The number of carbonyl (C=O) groups excluding carboxylic acids is 1. The summed E-state index contributed by atoms with van der Waals surface area (Å²) in [6.45, 7) is 9.83. The molecule has 5 rings (SSSR count). The summed E-state index contributed by atoms with van der Waals surface area (Å²) in [5.74, 6) is 0.127. The number of Topliss-reactive ketones (excluding diaryl/α,β-unsaturated/α-hetero) is 1. The highest BCUT2D eigenvalue weighted by Gasteiger charge is 2.31. The highest BCUT2D eigenvalue weighted by molar-refractivity contribution is 6.31. The van der Waals surface area contributed by atoms with Crippen molar-refractivity contribution in [3.63, 3.8) is 0 Å². The number of hydrogen-bond acceptors (Lipinski definition) is 4. The largest absolute Gasteiger partial charge is 0.493 e. The zero-order valence-electron chi connectivity index (χ0n) is 20.5. The van der Waals surface area contributed by atoms with Crippen molar-refractivity contribution in [2.24, 2.45) is 0 Å². The van der Waals surface area contributed by atoms with Gasteiger partial charge in [-0.25, -0.2) is 4.39 Å². The molecule has 2 heterocycles. The SMILES string of the molecule is CC(=O)[C@@H](OC(C)(C)C)c1c(C)cc2cc(Cl)c(F)cc2c1-c1ccc2c3c(ccnc13)CCO2. The number of nitrogens with zero attached hydrogens (tertiary/aromatic N) is 1. The average molecular weight is 492 g/mol. The molecule has 0 radical (unpaired) electrons. The topological polar surface area (TPSA) is 48.4 Å². The van der Waals surface area contributed by atoms with Gasteiger partial charge in [-0.3, -0.25) is 9.78 Å². The van der Waals surface area contributed by atoms with Gasteiger partial charge in [0, 0.05) is 23.6 Å². The molecular formula is C29H27ClFNO3. The molecule has 35 heavy (non-hydrogen) atoms. The summed E-state index contributed by atoms with van der Waals surface area (Å²) in [5, 5.41) is 2.42. The van der Waals surface area contributed by atoms with E-state index in [0.29, 0.717) is 17.6 Å². The van der Waals surface area contributed by atoms with Crippen LogP contribution >= 0.6 is 11.6 Å². The van der Waals surface area contributed by atoms with Gasteiger partial charge >= 0.3 is 0 Å². The Balaban J connectivity index is 1.94. The van der Waals surface area contributed by atoms with E-state index in [1.165, 1.54) is 13.0 Å². The normalized spacial score (nSPS) is 14.3. The molecule has 0 aliphatic carbocycles. The van der Waals surface area contributed by atoms with Crippen LogP contribution in [0.15, 0.2) is 42.6 Å². The van der Waals surface area contributed by atoms with Gasteiger partial charge in [0.1, 0.15) is 17.7 Å². The number of carbonyl (C=O) groups is 1. The van der Waals surface area contributed by atoms with E-state index in [0.717, 1.165) is 50.7 Å². The molecular weight excluding hydrogens is 465 g/mol. The Labute approximate surface area is 209 Å². The highest BCUT2D eigenvalue weighted by atomic mass is 35.5. The second-order valence-corrected chi connectivity index (χ2v) is 10.5. The van der Waals surface area contributed by atoms with E-state index in [1.807, 2.05) is 52.0 Å². The summed E-state index contributed by atoms with van der Waals surface area (Å²) in [4.78, 5) is 17.7. The van der Waals surface area contributed by atoms with E-state index in [1.54, 1.807) is 12.3 Å². The number of ketones is 1. The number of fused-ring (bicyclic) bond motifs is 1. The van der Waals surface area contributed by atoms with Crippen LogP contribution in [0.2, 0.25) is 5.02 Å². The molecule has 0 saturated heterocycles. The van der Waals surface area contributed by atoms with E-state index in [-0.39, 0.29) is 10.8 Å². The third-order valence-electron chi connectivity index (χ3n) is 6.37. The molecule has 4 nitrogen and oxygen atoms in total. The Morgan fingerprint density at radius 3 is 2.69 bits per heavy atom. The number of hydrogen-bond donors (Lipinski definition) is 0. The van der Waals surface area contributed by atoms with Gasteiger partial charge in [-0.15, -0.1) is 0 Å². The number of aryl methyl sites for hydroxylation is 1. The van der Waals surface area contributed by atoms with Gasteiger partial charge in [-0.1, -0.05) is 17.7 Å². The van der Waals surface area contributed by atoms with E-state index >= 15 is 0 Å². The van der Waals surface area contributed by atoms with Crippen LogP contribution in [0.25, 0.3) is 32.8 Å². The number of pyridine rings is 1. The third kappa shape index (κ3) is 4.17. The van der Waals surface area contributed by atoms with Gasteiger partial charge in [0.2, 0.25) is 0 Å². The Kier molecular flexibility index (Phi) is 5.81. The minimum absolute atomic E-state index is 0.0491. The fraction of sp³-hybridized carbons (Fsp3) is 0.310. The van der Waals surface area contributed by atoms with Crippen LogP contribution in [0.4, 0.5) is 4.39 Å². The van der Waals surface area contributed by atoms with Crippen molar-refractivity contribution < 1.29 is 18.7 Å². The van der Waals surface area contributed by atoms with Gasteiger partial charge < -0.3 is 9.47 Å². The smallest absolute Gasteiger partial charge is 0.163 e. The molecule has 1 aliphatic heterocycles. The molecule has 0 amide bonds. The standard InChI is InChI=1S/C29H27ClFNO3/c1-15-12-18-13-21(30)22(31)14-20(18)26(24(15)28(16(2)33)35-29(3,4)5)19-6-7-23-25-17(9-11-34-23)8-10-32-27(19)25/h6-8,10,12-14,28H,9,11H2,1-5H3/t28-/m1/s1. The molecule has 1 atom stereocenters. The lowest BCUT2D eigenvalue weighted by molar-refractivity contribution is -0.138. The first-order valence-electron chi connectivity index (χ1n) is 11.7. The first kappa shape index (κ1) is 23.7. The summed E-state index contributed by atoms with van der Waals surface area (Å²) in [5.41, 5.74) is 4.41. The average Bonchev–Trinajstić information content (AvgIpc) is 2.78. The first-order chi connectivity index (χ1) is 16.5. The number of ether oxygens (including phenoxy) is 2. The van der Waals surface area contributed by atoms with Crippen molar-refractivity contribution >= 4 is 39.1 Å². The Bertz CT molecular complexity index is 1500. The summed E-state index contributed by atoms with van der Waals surface area (Å²) in [6.07, 6.45) is 1.74. The lowest BCUT2D eigenvalue weighted by Crippen LogP contribution is -2.27. The van der Waals surface area contributed by atoms with Crippen molar-refractivity contribution in [2.75, 3.05) is 6.61 Å². The van der Waals surface area contributed by atoms with Gasteiger partial charge in [0.15, 0.2) is 5.78 Å². The zero-order valence-corrected chi connectivity index (χ0v) is 21.2. The number of aromatic nitrogens is 1. The fourth-order valence-corrected chi connectivity index (χ4v) is 5.15. The molecule has 3 aromatic carbocycles. The van der Waals surface area contributed by atoms with Crippen molar-refractivity contribution in [1.29, 1.82) is 0 Å². The summed E-state index contributed by atoms with van der Waals surface area (Å²) in [6, 6.07) is 10.9. The molecule has 4 aromatic rings. The lowest BCUT2D eigenvalue weighted by atomic mass is 9.84. The Morgan fingerprint density at radius 2 is 1.97 bits per heavy atom. The number of benzene rings is 3. The third-order valence-corrected chi connectivity index (χ3v) is 6.66. The van der Waals surface area contributed by atoms with Crippen LogP contribution in [-0.4, -0.2) is 23.0 Å². The van der Waals surface area contributed by atoms with E-state index in [4.69, 9.17) is 26.1 Å². The molecule has 0 fully saturated rings. The van der Waals surface area contributed by atoms with E-state index < -0.39 is 17.5 Å². The molecule has 180 valence electrons. The van der Waals surface area contributed by atoms with Crippen molar-refractivity contribution in [2.45, 2.75) is 52.7 Å². The second kappa shape index (κ2) is 8.58. The lowest BCUT2D eigenvalue weighted by Gasteiger charge is -2.30. The maximum Gasteiger partial charge on any atom is 0.163 e. The van der Waals surface area contributed by atoms with Crippen molar-refractivity contribution in [1.82, 2.24) is 4.98 Å². The van der Waals surface area contributed by atoms with Gasteiger partial charge in [-0.2, -0.15) is 0 Å². The van der Waals surface area contributed by atoms with Gasteiger partial charge in [0.25, 0.3) is 0 Å². The van der Waals surface area contributed by atoms with E-state index in [9.17, 15) is 9.18 Å². The maximum absolute atomic E-state index is 14.8. The molecule has 1 aliphatic rings. The monoisotopic (exact) mass is 491 g/mol. The molecule has 6 heteroatoms. The maximum atomic E-state index is 14.8. The summed E-state index contributed by atoms with van der Waals surface area (Å²) < 4.78 is 27.1. The Hall–Kier alpha value is -3.02. The van der Waals surface area contributed by atoms with Crippen molar-refractivity contribution in [3.05, 3.63) is 70.1 Å². The molecule has 0 spiro atoms. The van der Waals surface area contributed by atoms with Gasteiger partial charge in [0.05, 0.1) is 22.7 Å². The van der Waals surface area contributed by atoms with Crippen molar-refractivity contribution in [3.8, 4) is 16.9 Å². The highest BCUT2D eigenvalue weighted by Crippen LogP contribution is 2.45. The van der Waals surface area contributed by atoms with Crippen LogP contribution in [0.5, 0.6) is 5.75 Å². The number of rotatable bonds is 4. The fourth-order valence-electron chi connectivity index (χ4n) is 4.98. The second-order valence-electron chi connectivity index (χ2n) is 10.1. The van der Waals surface area contributed by atoms with Crippen LogP contribution in [0.3, 0.4) is 0 Å². The minimum Gasteiger partial charge on any atom is -0.493 e. The zero-order chi connectivity index (χ0) is 25.1. The summed E-state index contributed by atoms with van der Waals surface area (Å²) in [7, 11) is 0. The number of halogens is 2. The van der Waals surface area contributed by atoms with E-state index in [2.05, 4.69) is 0 Å². The predicted molar refractivity (Wildman–Crippen MR) is 138 cm³/mol. The van der Waals surface area contributed by atoms with Crippen LogP contribution in [-0.2, 0) is 16.0 Å². The van der Waals surface area contributed by atoms with Crippen LogP contribution in [0.1, 0.15) is 50.5 Å². The van der Waals surface area contributed by atoms with Crippen LogP contribution < -0.4 is 4.74 Å². The Morgan fingerprint density at radius 1 is 1.20 bits per heavy atom. The van der Waals surface area contributed by atoms with Crippen LogP contribution in [0, 0.1) is 12.7 Å².